The van der Waals surface area contributed by atoms with Crippen LogP contribution in [0.15, 0.2) is 0 Å². The van der Waals surface area contributed by atoms with Gasteiger partial charge in [0.2, 0.25) is 11.8 Å². The Balaban J connectivity index is 2.88. The third kappa shape index (κ3) is 3.76. The molecule has 0 saturated carbocycles. The third-order valence-electron chi connectivity index (χ3n) is 2.55. The molecule has 1 saturated heterocycles. The molecule has 0 spiro atoms. The maximum Gasteiger partial charge on any atom is 0.409 e. The van der Waals surface area contributed by atoms with Gasteiger partial charge in [0.25, 0.3) is 0 Å². The number of carbonyl (C=O) groups excluding carboxylic acids is 1. The summed E-state index contributed by atoms with van der Waals surface area (Å²) in [5, 5.41) is 2.79. The van der Waals surface area contributed by atoms with E-state index >= 15 is 0 Å². The van der Waals surface area contributed by atoms with Gasteiger partial charge in [-0.1, -0.05) is 0 Å². The van der Waals surface area contributed by atoms with Gasteiger partial charge in [0.05, 0.1) is 0 Å². The lowest BCUT2D eigenvalue weighted by atomic mass is 10.1. The Morgan fingerprint density at radius 2 is 1.56 bits per heavy atom. The van der Waals surface area contributed by atoms with Crippen molar-refractivity contribution in [1.29, 1.82) is 0 Å². The number of halogens is 6. The van der Waals surface area contributed by atoms with E-state index in [1.807, 2.05) is 0 Å². The minimum absolute atomic E-state index is 0.103. The number of alkyl halides is 6. The lowest BCUT2D eigenvalue weighted by Crippen LogP contribution is -2.50. The highest BCUT2D eigenvalue weighted by molar-refractivity contribution is 5.80. The Bertz CT molecular complexity index is 278. The van der Waals surface area contributed by atoms with Gasteiger partial charge in [0.1, 0.15) is 0 Å². The van der Waals surface area contributed by atoms with Gasteiger partial charge in [-0.3, -0.25) is 4.79 Å². The number of hydrogen-bond acceptors (Lipinski definition) is 2. The summed E-state index contributed by atoms with van der Waals surface area (Å²) in [5.74, 6) is -5.85. The first kappa shape index (κ1) is 15.1. The van der Waals surface area contributed by atoms with Gasteiger partial charge in [0, 0.05) is 19.6 Å². The maximum absolute atomic E-state index is 12.3. The van der Waals surface area contributed by atoms with Crippen LogP contribution in [0.2, 0.25) is 0 Å². The number of rotatable bonds is 1. The molecule has 9 heteroatoms. The van der Waals surface area contributed by atoms with Crippen LogP contribution < -0.4 is 5.32 Å². The van der Waals surface area contributed by atoms with E-state index in [0.29, 0.717) is 17.9 Å². The summed E-state index contributed by atoms with van der Waals surface area (Å²) in [5.41, 5.74) is 0. The van der Waals surface area contributed by atoms with Gasteiger partial charge in [0.15, 0.2) is 0 Å². The molecule has 18 heavy (non-hydrogen) atoms. The molecule has 1 N–H and O–H groups in total. The van der Waals surface area contributed by atoms with Crippen LogP contribution in [0.25, 0.3) is 0 Å². The standard InChI is InChI=1S/C9H12F6N2O/c10-8(11,12)6(9(13,14)15)7(18)17-4-1-2-16-3-5-17/h6,16H,1-5H2. The monoisotopic (exact) mass is 278 g/mol. The first-order valence-corrected chi connectivity index (χ1v) is 5.27. The summed E-state index contributed by atoms with van der Waals surface area (Å²) in [6.07, 6.45) is -10.9. The van der Waals surface area contributed by atoms with Gasteiger partial charge in [-0.15, -0.1) is 0 Å². The molecule has 0 aromatic carbocycles. The van der Waals surface area contributed by atoms with Crippen LogP contribution in [-0.2, 0) is 4.79 Å². The van der Waals surface area contributed by atoms with E-state index < -0.39 is 24.2 Å². The second-order valence-electron chi connectivity index (χ2n) is 3.95. The topological polar surface area (TPSA) is 32.3 Å². The summed E-state index contributed by atoms with van der Waals surface area (Å²) in [6, 6.07) is 0. The van der Waals surface area contributed by atoms with Crippen molar-refractivity contribution in [1.82, 2.24) is 10.2 Å². The zero-order chi connectivity index (χ0) is 14.0. The number of hydrogen-bond donors (Lipinski definition) is 1. The highest BCUT2D eigenvalue weighted by atomic mass is 19.4. The summed E-state index contributed by atoms with van der Waals surface area (Å²) >= 11 is 0. The molecular weight excluding hydrogens is 266 g/mol. The molecule has 1 rings (SSSR count). The lowest BCUT2D eigenvalue weighted by Gasteiger charge is -2.28. The molecule has 1 amide bonds. The Labute approximate surface area is 99.1 Å². The molecule has 0 radical (unpaired) electrons. The summed E-state index contributed by atoms with van der Waals surface area (Å²) < 4.78 is 74.0. The van der Waals surface area contributed by atoms with Crippen LogP contribution >= 0.6 is 0 Å². The summed E-state index contributed by atoms with van der Waals surface area (Å²) in [6.45, 7) is 0.399. The fourth-order valence-electron chi connectivity index (χ4n) is 1.71. The Hall–Kier alpha value is -0.990. The molecule has 0 bridgehead atoms. The van der Waals surface area contributed by atoms with Crippen LogP contribution in [0.4, 0.5) is 26.3 Å². The van der Waals surface area contributed by atoms with Crippen LogP contribution in [0.5, 0.6) is 0 Å². The minimum Gasteiger partial charge on any atom is -0.341 e. The fourth-order valence-corrected chi connectivity index (χ4v) is 1.71. The number of nitrogens with one attached hydrogen (secondary N) is 1. The first-order valence-electron chi connectivity index (χ1n) is 5.27. The van der Waals surface area contributed by atoms with Crippen molar-refractivity contribution in [2.75, 3.05) is 26.2 Å². The van der Waals surface area contributed by atoms with Gasteiger partial charge >= 0.3 is 12.4 Å². The van der Waals surface area contributed by atoms with E-state index in [1.165, 1.54) is 0 Å². The van der Waals surface area contributed by atoms with Crippen molar-refractivity contribution in [3.8, 4) is 0 Å². The molecule has 1 aliphatic heterocycles. The van der Waals surface area contributed by atoms with Crippen molar-refractivity contribution < 1.29 is 31.1 Å². The average molecular weight is 278 g/mol. The highest BCUT2D eigenvalue weighted by Gasteiger charge is 2.61. The van der Waals surface area contributed by atoms with Crippen molar-refractivity contribution in [2.24, 2.45) is 5.92 Å². The summed E-state index contributed by atoms with van der Waals surface area (Å²) in [4.78, 5) is 12.0. The quantitative estimate of drug-likeness (QED) is 0.738. The highest BCUT2D eigenvalue weighted by Crippen LogP contribution is 2.40. The zero-order valence-corrected chi connectivity index (χ0v) is 9.24. The van der Waals surface area contributed by atoms with E-state index in [9.17, 15) is 31.1 Å². The third-order valence-corrected chi connectivity index (χ3v) is 2.55. The zero-order valence-electron chi connectivity index (χ0n) is 9.24. The second kappa shape index (κ2) is 5.33. The van der Waals surface area contributed by atoms with Crippen molar-refractivity contribution >= 4 is 5.91 Å². The van der Waals surface area contributed by atoms with Crippen LogP contribution in [-0.4, -0.2) is 49.3 Å². The molecule has 0 aromatic rings. The lowest BCUT2D eigenvalue weighted by molar-refractivity contribution is -0.277. The normalized spacial score (nSPS) is 18.9. The van der Waals surface area contributed by atoms with E-state index in [4.69, 9.17) is 0 Å². The van der Waals surface area contributed by atoms with Crippen molar-refractivity contribution in [2.45, 2.75) is 18.8 Å². The van der Waals surface area contributed by atoms with Crippen molar-refractivity contribution in [3.05, 3.63) is 0 Å². The van der Waals surface area contributed by atoms with E-state index in [2.05, 4.69) is 5.32 Å². The van der Waals surface area contributed by atoms with Gasteiger partial charge in [-0.2, -0.15) is 26.3 Å². The SMILES string of the molecule is O=C(C(C(F)(F)F)C(F)(F)F)N1CCCNCC1. The fraction of sp³-hybridized carbons (Fsp3) is 0.889. The van der Waals surface area contributed by atoms with Crippen LogP contribution in [0, 0.1) is 5.92 Å². The minimum atomic E-state index is -5.62. The van der Waals surface area contributed by atoms with Crippen LogP contribution in [0.1, 0.15) is 6.42 Å². The predicted octanol–water partition coefficient (Wildman–Crippen LogP) is 1.55. The maximum atomic E-state index is 12.3. The number of nitrogens with zero attached hydrogens (tertiary/aromatic N) is 1. The molecule has 0 aliphatic carbocycles. The van der Waals surface area contributed by atoms with Crippen LogP contribution in [0.3, 0.4) is 0 Å². The average Bonchev–Trinajstić information content (AvgIpc) is 2.40. The molecule has 0 aromatic heterocycles. The molecule has 106 valence electrons. The molecule has 0 atom stereocenters. The first-order chi connectivity index (χ1) is 8.14. The molecular formula is C9H12F6N2O. The van der Waals surface area contributed by atoms with Gasteiger partial charge in [-0.05, 0) is 13.0 Å². The number of carbonyl (C=O) groups is 1. The Morgan fingerprint density at radius 1 is 1.00 bits per heavy atom. The van der Waals surface area contributed by atoms with Gasteiger partial charge < -0.3 is 10.2 Å². The predicted molar refractivity (Wildman–Crippen MR) is 49.7 cm³/mol. The molecule has 1 aliphatic rings. The molecule has 1 heterocycles. The molecule has 3 nitrogen and oxygen atoms in total. The largest absolute Gasteiger partial charge is 0.409 e. The van der Waals surface area contributed by atoms with E-state index in [0.717, 1.165) is 0 Å². The number of amides is 1. The second-order valence-corrected chi connectivity index (χ2v) is 3.95. The smallest absolute Gasteiger partial charge is 0.341 e. The van der Waals surface area contributed by atoms with E-state index in [-0.39, 0.29) is 19.6 Å². The molecule has 1 fully saturated rings. The molecule has 0 unspecified atom stereocenters. The van der Waals surface area contributed by atoms with Crippen molar-refractivity contribution in [3.63, 3.8) is 0 Å². The summed E-state index contributed by atoms with van der Waals surface area (Å²) in [7, 11) is 0. The van der Waals surface area contributed by atoms with Gasteiger partial charge in [-0.25, -0.2) is 0 Å². The Morgan fingerprint density at radius 3 is 2.06 bits per heavy atom. The Kier molecular flexibility index (Phi) is 4.46. The van der Waals surface area contributed by atoms with E-state index in [1.54, 1.807) is 0 Å².